The van der Waals surface area contributed by atoms with Gasteiger partial charge < -0.3 is 20.3 Å². The summed E-state index contributed by atoms with van der Waals surface area (Å²) in [5.74, 6) is -0.748. The summed E-state index contributed by atoms with van der Waals surface area (Å²) in [4.78, 5) is 40.0. The number of hydrogen-bond donors (Lipinski definition) is 2. The first-order chi connectivity index (χ1) is 16.0. The molecule has 2 heterocycles. The number of carbonyl (C=O) groups is 3. The Labute approximate surface area is 198 Å². The van der Waals surface area contributed by atoms with E-state index < -0.39 is 0 Å². The maximum absolute atomic E-state index is 13.1. The number of halogens is 1. The minimum atomic E-state index is -0.342. The predicted octanol–water partition coefficient (Wildman–Crippen LogP) is 3.74. The van der Waals surface area contributed by atoms with Gasteiger partial charge in [-0.05, 0) is 56.0 Å². The lowest BCUT2D eigenvalue weighted by Crippen LogP contribution is -2.46. The zero-order valence-electron chi connectivity index (χ0n) is 18.4. The molecular formula is C25H28ClN3O4. The first-order valence-corrected chi connectivity index (χ1v) is 11.7. The van der Waals surface area contributed by atoms with Gasteiger partial charge >= 0.3 is 0 Å². The van der Waals surface area contributed by atoms with Gasteiger partial charge in [0.2, 0.25) is 5.91 Å². The average Bonchev–Trinajstić information content (AvgIpc) is 3.36. The molecule has 2 aliphatic heterocycles. The SMILES string of the molecule is O=C(Nc1cccc(C(=O)N2CCC[C@H](C(=O)NC[C@@H]3CCCO3)C2)c1)c1ccccc1Cl. The molecule has 0 aromatic heterocycles. The molecule has 0 radical (unpaired) electrons. The molecule has 2 aliphatic rings. The van der Waals surface area contributed by atoms with E-state index in [4.69, 9.17) is 16.3 Å². The Kier molecular flexibility index (Phi) is 7.62. The van der Waals surface area contributed by atoms with Crippen LogP contribution in [0, 0.1) is 5.92 Å². The molecular weight excluding hydrogens is 442 g/mol. The van der Waals surface area contributed by atoms with Crippen LogP contribution < -0.4 is 10.6 Å². The highest BCUT2D eigenvalue weighted by Crippen LogP contribution is 2.22. The number of nitrogens with one attached hydrogen (secondary N) is 2. The van der Waals surface area contributed by atoms with Gasteiger partial charge in [-0.15, -0.1) is 0 Å². The molecule has 8 heteroatoms. The number of piperidine rings is 1. The third kappa shape index (κ3) is 5.92. The van der Waals surface area contributed by atoms with E-state index in [2.05, 4.69) is 10.6 Å². The van der Waals surface area contributed by atoms with Crippen LogP contribution in [0.3, 0.4) is 0 Å². The Bertz CT molecular complexity index is 1020. The number of ether oxygens (including phenoxy) is 1. The van der Waals surface area contributed by atoms with E-state index in [1.54, 1.807) is 53.4 Å². The number of rotatable bonds is 6. The second-order valence-electron chi connectivity index (χ2n) is 8.49. The molecule has 2 N–H and O–H groups in total. The maximum Gasteiger partial charge on any atom is 0.257 e. The van der Waals surface area contributed by atoms with E-state index in [-0.39, 0.29) is 29.7 Å². The fraction of sp³-hybridized carbons (Fsp3) is 0.400. The Morgan fingerprint density at radius 3 is 2.70 bits per heavy atom. The van der Waals surface area contributed by atoms with Crippen LogP contribution in [0.5, 0.6) is 0 Å². The summed E-state index contributed by atoms with van der Waals surface area (Å²) in [5, 5.41) is 6.14. The zero-order chi connectivity index (χ0) is 23.2. The van der Waals surface area contributed by atoms with Gasteiger partial charge in [-0.25, -0.2) is 0 Å². The van der Waals surface area contributed by atoms with Crippen molar-refractivity contribution in [2.24, 2.45) is 5.92 Å². The third-order valence-corrected chi connectivity index (χ3v) is 6.42. The number of carbonyl (C=O) groups excluding carboxylic acids is 3. The number of amides is 3. The molecule has 0 unspecified atom stereocenters. The predicted molar refractivity (Wildman–Crippen MR) is 126 cm³/mol. The minimum Gasteiger partial charge on any atom is -0.376 e. The van der Waals surface area contributed by atoms with Crippen molar-refractivity contribution in [1.29, 1.82) is 0 Å². The molecule has 33 heavy (non-hydrogen) atoms. The molecule has 7 nitrogen and oxygen atoms in total. The average molecular weight is 470 g/mol. The van der Waals surface area contributed by atoms with Gasteiger partial charge in [0, 0.05) is 37.5 Å². The van der Waals surface area contributed by atoms with Crippen molar-refractivity contribution in [3.8, 4) is 0 Å². The lowest BCUT2D eigenvalue weighted by atomic mass is 9.96. The second kappa shape index (κ2) is 10.8. The van der Waals surface area contributed by atoms with Gasteiger partial charge in [-0.1, -0.05) is 29.8 Å². The highest BCUT2D eigenvalue weighted by molar-refractivity contribution is 6.34. The summed E-state index contributed by atoms with van der Waals surface area (Å²) in [5.41, 5.74) is 1.34. The molecule has 174 valence electrons. The summed E-state index contributed by atoms with van der Waals surface area (Å²) in [6.07, 6.45) is 3.63. The third-order valence-electron chi connectivity index (χ3n) is 6.09. The summed E-state index contributed by atoms with van der Waals surface area (Å²) in [7, 11) is 0. The minimum absolute atomic E-state index is 0.0243. The Balaban J connectivity index is 1.36. The van der Waals surface area contributed by atoms with E-state index in [9.17, 15) is 14.4 Å². The maximum atomic E-state index is 13.1. The quantitative estimate of drug-likeness (QED) is 0.674. The lowest BCUT2D eigenvalue weighted by molar-refractivity contribution is -0.126. The highest BCUT2D eigenvalue weighted by atomic mass is 35.5. The van der Waals surface area contributed by atoms with Crippen LogP contribution in [0.2, 0.25) is 5.02 Å². The summed E-state index contributed by atoms with van der Waals surface area (Å²) < 4.78 is 5.56. The first-order valence-electron chi connectivity index (χ1n) is 11.4. The largest absolute Gasteiger partial charge is 0.376 e. The molecule has 2 atom stereocenters. The monoisotopic (exact) mass is 469 g/mol. The molecule has 0 saturated carbocycles. The van der Waals surface area contributed by atoms with Crippen molar-refractivity contribution >= 4 is 35.0 Å². The van der Waals surface area contributed by atoms with Gasteiger partial charge in [0.05, 0.1) is 22.6 Å². The smallest absolute Gasteiger partial charge is 0.257 e. The van der Waals surface area contributed by atoms with Crippen molar-refractivity contribution in [1.82, 2.24) is 10.2 Å². The normalized spacial score (nSPS) is 20.3. The van der Waals surface area contributed by atoms with E-state index >= 15 is 0 Å². The molecule has 2 aromatic carbocycles. The van der Waals surface area contributed by atoms with E-state index in [1.807, 2.05) is 0 Å². The van der Waals surface area contributed by atoms with Crippen LogP contribution >= 0.6 is 11.6 Å². The van der Waals surface area contributed by atoms with Gasteiger partial charge in [0.1, 0.15) is 0 Å². The molecule has 2 fully saturated rings. The molecule has 2 aromatic rings. The Morgan fingerprint density at radius 2 is 1.91 bits per heavy atom. The van der Waals surface area contributed by atoms with Crippen LogP contribution in [0.25, 0.3) is 0 Å². The van der Waals surface area contributed by atoms with Crippen molar-refractivity contribution in [2.45, 2.75) is 31.8 Å². The summed E-state index contributed by atoms with van der Waals surface area (Å²) >= 11 is 6.11. The first kappa shape index (κ1) is 23.3. The number of anilines is 1. The number of benzene rings is 2. The van der Waals surface area contributed by atoms with Gasteiger partial charge in [0.15, 0.2) is 0 Å². The molecule has 0 bridgehead atoms. The van der Waals surface area contributed by atoms with Crippen LogP contribution in [0.15, 0.2) is 48.5 Å². The van der Waals surface area contributed by atoms with Crippen molar-refractivity contribution in [3.05, 3.63) is 64.7 Å². The Morgan fingerprint density at radius 1 is 1.06 bits per heavy atom. The van der Waals surface area contributed by atoms with Crippen LogP contribution in [-0.4, -0.2) is 55.0 Å². The Hall–Kier alpha value is -2.90. The molecule has 4 rings (SSSR count). The van der Waals surface area contributed by atoms with Crippen LogP contribution in [-0.2, 0) is 9.53 Å². The standard InChI is InChI=1S/C25H28ClN3O4/c26-22-11-2-1-10-21(22)24(31)28-19-8-3-6-17(14-19)25(32)29-12-4-7-18(16-29)23(30)27-15-20-9-5-13-33-20/h1-3,6,8,10-11,14,18,20H,4-5,7,9,12-13,15-16H2,(H,27,30)(H,28,31)/t18-,20-/m0/s1. The topological polar surface area (TPSA) is 87.7 Å². The van der Waals surface area contributed by atoms with Crippen molar-refractivity contribution < 1.29 is 19.1 Å². The molecule has 2 saturated heterocycles. The molecule has 3 amide bonds. The highest BCUT2D eigenvalue weighted by Gasteiger charge is 2.29. The molecule has 0 spiro atoms. The lowest BCUT2D eigenvalue weighted by Gasteiger charge is -2.32. The van der Waals surface area contributed by atoms with E-state index in [0.717, 1.165) is 32.3 Å². The van der Waals surface area contributed by atoms with Crippen molar-refractivity contribution in [3.63, 3.8) is 0 Å². The fourth-order valence-corrected chi connectivity index (χ4v) is 4.52. The molecule has 0 aliphatic carbocycles. The van der Waals surface area contributed by atoms with Crippen LogP contribution in [0.1, 0.15) is 46.4 Å². The zero-order valence-corrected chi connectivity index (χ0v) is 19.1. The van der Waals surface area contributed by atoms with Gasteiger partial charge in [-0.2, -0.15) is 0 Å². The number of likely N-dealkylation sites (tertiary alicyclic amines) is 1. The van der Waals surface area contributed by atoms with Crippen molar-refractivity contribution in [2.75, 3.05) is 31.6 Å². The summed E-state index contributed by atoms with van der Waals surface area (Å²) in [6, 6.07) is 13.6. The fourth-order valence-electron chi connectivity index (χ4n) is 4.30. The second-order valence-corrected chi connectivity index (χ2v) is 8.89. The number of nitrogens with zero attached hydrogens (tertiary/aromatic N) is 1. The van der Waals surface area contributed by atoms with Gasteiger partial charge in [0.25, 0.3) is 11.8 Å². The van der Waals surface area contributed by atoms with Gasteiger partial charge in [-0.3, -0.25) is 14.4 Å². The number of hydrogen-bond acceptors (Lipinski definition) is 4. The van der Waals surface area contributed by atoms with E-state index in [1.165, 1.54) is 0 Å². The van der Waals surface area contributed by atoms with Crippen LogP contribution in [0.4, 0.5) is 5.69 Å². The van der Waals surface area contributed by atoms with E-state index in [0.29, 0.717) is 41.5 Å². The summed E-state index contributed by atoms with van der Waals surface area (Å²) in [6.45, 7) is 2.26.